The highest BCUT2D eigenvalue weighted by Crippen LogP contribution is 2.40. The van der Waals surface area contributed by atoms with Gasteiger partial charge in [0.05, 0.1) is 18.3 Å². The Hall–Kier alpha value is -0.900. The molecule has 1 N–H and O–H groups in total. The van der Waals surface area contributed by atoms with Crippen LogP contribution in [0.3, 0.4) is 0 Å². The average molecular weight is 332 g/mol. The Morgan fingerprint density at radius 3 is 2.46 bits per heavy atom. The molecule has 2 aliphatic rings. The van der Waals surface area contributed by atoms with Gasteiger partial charge in [-0.25, -0.2) is 0 Å². The predicted molar refractivity (Wildman–Crippen MR) is 97.9 cm³/mol. The maximum atomic E-state index is 10.7. The van der Waals surface area contributed by atoms with Gasteiger partial charge in [-0.3, -0.25) is 4.90 Å². The van der Waals surface area contributed by atoms with Crippen LogP contribution in [0.25, 0.3) is 0 Å². The van der Waals surface area contributed by atoms with Gasteiger partial charge in [-0.2, -0.15) is 0 Å². The van der Waals surface area contributed by atoms with E-state index in [4.69, 9.17) is 4.74 Å². The number of benzene rings is 1. The molecule has 3 rings (SSSR count). The first-order valence-corrected chi connectivity index (χ1v) is 9.51. The van der Waals surface area contributed by atoms with Gasteiger partial charge in [-0.1, -0.05) is 43.7 Å². The van der Waals surface area contributed by atoms with Crippen molar-refractivity contribution in [2.75, 3.05) is 13.1 Å². The number of aliphatic hydroxyl groups excluding tert-OH is 1. The number of aliphatic hydroxyl groups is 1. The van der Waals surface area contributed by atoms with Crippen LogP contribution < -0.4 is 0 Å². The molecule has 3 heteroatoms. The first kappa shape index (κ1) is 17.9. The lowest BCUT2D eigenvalue weighted by Crippen LogP contribution is -2.59. The van der Waals surface area contributed by atoms with Crippen molar-refractivity contribution in [3.63, 3.8) is 0 Å². The fourth-order valence-electron chi connectivity index (χ4n) is 4.68. The van der Waals surface area contributed by atoms with Crippen molar-refractivity contribution in [3.05, 3.63) is 35.9 Å². The molecule has 134 valence electrons. The molecule has 0 unspecified atom stereocenters. The molecule has 1 aromatic carbocycles. The summed E-state index contributed by atoms with van der Waals surface area (Å²) in [4.78, 5) is 2.56. The third-order valence-corrected chi connectivity index (χ3v) is 6.23. The fourth-order valence-corrected chi connectivity index (χ4v) is 4.68. The molecule has 1 aliphatic carbocycles. The van der Waals surface area contributed by atoms with Gasteiger partial charge < -0.3 is 9.84 Å². The second-order valence-electron chi connectivity index (χ2n) is 8.50. The molecule has 1 aromatic rings. The molecule has 24 heavy (non-hydrogen) atoms. The van der Waals surface area contributed by atoms with E-state index in [2.05, 4.69) is 62.9 Å². The molecule has 1 aliphatic heterocycles. The molecular formula is C21H33NO2. The second-order valence-corrected chi connectivity index (χ2v) is 8.50. The first-order chi connectivity index (χ1) is 11.4. The van der Waals surface area contributed by atoms with Crippen molar-refractivity contribution in [3.8, 4) is 0 Å². The Morgan fingerprint density at radius 2 is 1.79 bits per heavy atom. The Balaban J connectivity index is 1.76. The van der Waals surface area contributed by atoms with E-state index < -0.39 is 0 Å². The Labute approximate surface area is 147 Å². The number of ether oxygens (including phenoxy) is 1. The maximum absolute atomic E-state index is 10.7. The third-order valence-electron chi connectivity index (χ3n) is 6.23. The van der Waals surface area contributed by atoms with E-state index in [-0.39, 0.29) is 23.9 Å². The van der Waals surface area contributed by atoms with Crippen molar-refractivity contribution in [2.24, 2.45) is 11.8 Å². The van der Waals surface area contributed by atoms with Crippen molar-refractivity contribution < 1.29 is 9.84 Å². The summed E-state index contributed by atoms with van der Waals surface area (Å²) in [5.41, 5.74) is 1.24. The van der Waals surface area contributed by atoms with Crippen LogP contribution >= 0.6 is 0 Å². The standard InChI is InChI=1S/C21H33NO2/c1-15-10-11-18(19(23)12-15)21(3,4)22-13-16(2)24-20(14-22)17-8-6-5-7-9-17/h5-9,15-16,18-20,23H,10-14H2,1-4H3/t15-,16-,18-,19-,20-/m1/s1. The SMILES string of the molecule is C[C@@H]1CC[C@@H](C(C)(C)N2C[C@@H](C)O[C@@H](c3ccccc3)C2)[C@H](O)C1. The van der Waals surface area contributed by atoms with Gasteiger partial charge in [-0.05, 0) is 45.1 Å². The molecule has 1 heterocycles. The van der Waals surface area contributed by atoms with Crippen molar-refractivity contribution >= 4 is 0 Å². The van der Waals surface area contributed by atoms with E-state index in [1.807, 2.05) is 0 Å². The van der Waals surface area contributed by atoms with Crippen LogP contribution in [0, 0.1) is 11.8 Å². The van der Waals surface area contributed by atoms with E-state index in [1.54, 1.807) is 0 Å². The maximum Gasteiger partial charge on any atom is 0.0956 e. The van der Waals surface area contributed by atoms with Gasteiger partial charge >= 0.3 is 0 Å². The zero-order valence-electron chi connectivity index (χ0n) is 15.6. The zero-order valence-corrected chi connectivity index (χ0v) is 15.6. The van der Waals surface area contributed by atoms with E-state index in [0.29, 0.717) is 11.8 Å². The highest BCUT2D eigenvalue weighted by Gasteiger charge is 2.44. The lowest BCUT2D eigenvalue weighted by atomic mass is 9.71. The Bertz CT molecular complexity index is 530. The van der Waals surface area contributed by atoms with Gasteiger partial charge in [0.2, 0.25) is 0 Å². The number of rotatable bonds is 3. The smallest absolute Gasteiger partial charge is 0.0956 e. The minimum atomic E-state index is -0.183. The second kappa shape index (κ2) is 7.15. The molecule has 1 saturated heterocycles. The summed E-state index contributed by atoms with van der Waals surface area (Å²) in [6.45, 7) is 10.9. The quantitative estimate of drug-likeness (QED) is 0.908. The normalized spacial score (nSPS) is 35.8. The highest BCUT2D eigenvalue weighted by molar-refractivity contribution is 5.19. The van der Waals surface area contributed by atoms with Crippen LogP contribution in [-0.4, -0.2) is 40.8 Å². The summed E-state index contributed by atoms with van der Waals surface area (Å²) in [5, 5.41) is 10.7. The van der Waals surface area contributed by atoms with Crippen LogP contribution in [0.2, 0.25) is 0 Å². The van der Waals surface area contributed by atoms with Crippen LogP contribution in [0.15, 0.2) is 30.3 Å². The molecule has 0 amide bonds. The number of hydrogen-bond donors (Lipinski definition) is 1. The molecular weight excluding hydrogens is 298 g/mol. The van der Waals surface area contributed by atoms with E-state index >= 15 is 0 Å². The molecule has 3 nitrogen and oxygen atoms in total. The largest absolute Gasteiger partial charge is 0.393 e. The highest BCUT2D eigenvalue weighted by atomic mass is 16.5. The zero-order chi connectivity index (χ0) is 17.3. The van der Waals surface area contributed by atoms with Crippen LogP contribution in [0.5, 0.6) is 0 Å². The van der Waals surface area contributed by atoms with Gasteiger partial charge in [0.15, 0.2) is 0 Å². The van der Waals surface area contributed by atoms with Crippen LogP contribution in [0.1, 0.15) is 58.6 Å². The Kier molecular flexibility index (Phi) is 5.33. The van der Waals surface area contributed by atoms with E-state index in [1.165, 1.54) is 12.0 Å². The lowest BCUT2D eigenvalue weighted by molar-refractivity contribution is -0.132. The average Bonchev–Trinajstić information content (AvgIpc) is 2.54. The van der Waals surface area contributed by atoms with Gasteiger partial charge in [0.25, 0.3) is 0 Å². The molecule has 0 aromatic heterocycles. The molecule has 2 fully saturated rings. The number of morpholine rings is 1. The van der Waals surface area contributed by atoms with Crippen molar-refractivity contribution in [1.82, 2.24) is 4.90 Å². The molecule has 5 atom stereocenters. The van der Waals surface area contributed by atoms with Crippen LogP contribution in [-0.2, 0) is 4.74 Å². The predicted octanol–water partition coefficient (Wildman–Crippen LogP) is 4.02. The summed E-state index contributed by atoms with van der Waals surface area (Å²) in [5.74, 6) is 0.989. The summed E-state index contributed by atoms with van der Waals surface area (Å²) >= 11 is 0. The summed E-state index contributed by atoms with van der Waals surface area (Å²) in [6, 6.07) is 10.5. The summed E-state index contributed by atoms with van der Waals surface area (Å²) in [7, 11) is 0. The van der Waals surface area contributed by atoms with E-state index in [9.17, 15) is 5.11 Å². The first-order valence-electron chi connectivity index (χ1n) is 9.51. The summed E-state index contributed by atoms with van der Waals surface area (Å²) in [6.07, 6.45) is 3.44. The third kappa shape index (κ3) is 3.68. The molecule has 0 radical (unpaired) electrons. The van der Waals surface area contributed by atoms with E-state index in [0.717, 1.165) is 25.9 Å². The topological polar surface area (TPSA) is 32.7 Å². The van der Waals surface area contributed by atoms with Gasteiger partial charge in [0.1, 0.15) is 0 Å². The monoisotopic (exact) mass is 331 g/mol. The van der Waals surface area contributed by atoms with Gasteiger partial charge in [0, 0.05) is 24.5 Å². The molecule has 1 saturated carbocycles. The van der Waals surface area contributed by atoms with Crippen molar-refractivity contribution in [1.29, 1.82) is 0 Å². The lowest BCUT2D eigenvalue weighted by Gasteiger charge is -2.52. The van der Waals surface area contributed by atoms with Crippen molar-refractivity contribution in [2.45, 2.75) is 70.8 Å². The minimum absolute atomic E-state index is 0.00930. The molecule has 0 bridgehead atoms. The van der Waals surface area contributed by atoms with Crippen LogP contribution in [0.4, 0.5) is 0 Å². The number of nitrogens with zero attached hydrogens (tertiary/aromatic N) is 1. The van der Waals surface area contributed by atoms with Gasteiger partial charge in [-0.15, -0.1) is 0 Å². The minimum Gasteiger partial charge on any atom is -0.393 e. The number of hydrogen-bond acceptors (Lipinski definition) is 3. The fraction of sp³-hybridized carbons (Fsp3) is 0.714. The molecule has 0 spiro atoms. The Morgan fingerprint density at radius 1 is 1.08 bits per heavy atom. The summed E-state index contributed by atoms with van der Waals surface area (Å²) < 4.78 is 6.22.